The van der Waals surface area contributed by atoms with Gasteiger partial charge in [-0.2, -0.15) is 0 Å². The van der Waals surface area contributed by atoms with Crippen LogP contribution in [0.15, 0.2) is 24.3 Å². The van der Waals surface area contributed by atoms with E-state index in [2.05, 4.69) is 24.2 Å². The molecule has 2 nitrogen and oxygen atoms in total. The van der Waals surface area contributed by atoms with Crippen molar-refractivity contribution in [2.24, 2.45) is 5.92 Å². The van der Waals surface area contributed by atoms with Gasteiger partial charge in [-0.3, -0.25) is 4.90 Å². The van der Waals surface area contributed by atoms with Gasteiger partial charge in [-0.15, -0.1) is 0 Å². The normalized spacial score (nSPS) is 23.1. The Kier molecular flexibility index (Phi) is 4.72. The molecule has 1 aromatic carbocycles. The Balaban J connectivity index is 1.88. The Morgan fingerprint density at radius 2 is 2.11 bits per heavy atom. The quantitative estimate of drug-likeness (QED) is 0.835. The first kappa shape index (κ1) is 13.5. The van der Waals surface area contributed by atoms with Crippen LogP contribution in [-0.4, -0.2) is 31.1 Å². The van der Waals surface area contributed by atoms with Gasteiger partial charge in [0.05, 0.1) is 0 Å². The maximum atomic E-state index is 13.6. The van der Waals surface area contributed by atoms with Gasteiger partial charge >= 0.3 is 0 Å². The number of nitrogens with one attached hydrogen (secondary N) is 1. The van der Waals surface area contributed by atoms with Crippen molar-refractivity contribution >= 4 is 0 Å². The molecule has 18 heavy (non-hydrogen) atoms. The van der Waals surface area contributed by atoms with Gasteiger partial charge < -0.3 is 5.32 Å². The third-order valence-corrected chi connectivity index (χ3v) is 3.98. The summed E-state index contributed by atoms with van der Waals surface area (Å²) in [4.78, 5) is 2.30. The summed E-state index contributed by atoms with van der Waals surface area (Å²) < 4.78 is 13.6. The molecule has 0 aromatic heterocycles. The predicted octanol–water partition coefficient (Wildman–Crippen LogP) is 2.65. The van der Waals surface area contributed by atoms with Crippen molar-refractivity contribution in [3.05, 3.63) is 35.6 Å². The monoisotopic (exact) mass is 250 g/mol. The maximum absolute atomic E-state index is 13.6. The minimum Gasteiger partial charge on any atom is -0.317 e. The fourth-order valence-electron chi connectivity index (χ4n) is 2.71. The van der Waals surface area contributed by atoms with Crippen LogP contribution in [-0.2, 0) is 6.54 Å². The van der Waals surface area contributed by atoms with E-state index in [1.165, 1.54) is 12.8 Å². The van der Waals surface area contributed by atoms with Gasteiger partial charge in [0.25, 0.3) is 0 Å². The smallest absolute Gasteiger partial charge is 0.127 e. The molecule has 100 valence electrons. The Bertz CT molecular complexity index is 381. The molecule has 0 bridgehead atoms. The summed E-state index contributed by atoms with van der Waals surface area (Å²) >= 11 is 0. The molecule has 3 heteroatoms. The lowest BCUT2D eigenvalue weighted by molar-refractivity contribution is 0.0776. The fourth-order valence-corrected chi connectivity index (χ4v) is 2.71. The van der Waals surface area contributed by atoms with Gasteiger partial charge in [-0.05, 0) is 45.0 Å². The molecule has 0 saturated heterocycles. The number of benzene rings is 1. The van der Waals surface area contributed by atoms with Crippen molar-refractivity contribution in [1.82, 2.24) is 10.2 Å². The molecule has 0 radical (unpaired) electrons. The second kappa shape index (κ2) is 6.30. The highest BCUT2D eigenvalue weighted by Crippen LogP contribution is 2.31. The molecule has 2 atom stereocenters. The predicted molar refractivity (Wildman–Crippen MR) is 72.9 cm³/mol. The second-order valence-electron chi connectivity index (χ2n) is 5.22. The highest BCUT2D eigenvalue weighted by molar-refractivity contribution is 5.17. The summed E-state index contributed by atoms with van der Waals surface area (Å²) in [5, 5.41) is 3.41. The van der Waals surface area contributed by atoms with Crippen molar-refractivity contribution in [3.63, 3.8) is 0 Å². The number of hydrogen-bond acceptors (Lipinski definition) is 2. The first-order chi connectivity index (χ1) is 8.72. The Morgan fingerprint density at radius 3 is 2.72 bits per heavy atom. The van der Waals surface area contributed by atoms with E-state index in [4.69, 9.17) is 0 Å². The van der Waals surface area contributed by atoms with E-state index in [1.807, 2.05) is 12.1 Å². The number of halogens is 1. The van der Waals surface area contributed by atoms with Crippen LogP contribution >= 0.6 is 0 Å². The minimum absolute atomic E-state index is 0.0908. The molecule has 0 spiro atoms. The Labute approximate surface area is 109 Å². The van der Waals surface area contributed by atoms with Gasteiger partial charge in [0.2, 0.25) is 0 Å². The zero-order chi connectivity index (χ0) is 13.0. The molecule has 2 unspecified atom stereocenters. The summed E-state index contributed by atoms with van der Waals surface area (Å²) in [7, 11) is 2.11. The van der Waals surface area contributed by atoms with Crippen molar-refractivity contribution in [2.45, 2.75) is 32.4 Å². The molecule has 1 fully saturated rings. The van der Waals surface area contributed by atoms with Crippen LogP contribution in [0.1, 0.15) is 25.3 Å². The zero-order valence-corrected chi connectivity index (χ0v) is 11.3. The summed E-state index contributed by atoms with van der Waals surface area (Å²) in [6, 6.07) is 7.67. The van der Waals surface area contributed by atoms with Crippen LogP contribution in [0, 0.1) is 11.7 Å². The number of rotatable bonds is 6. The molecule has 0 heterocycles. The molecular formula is C15H23FN2. The van der Waals surface area contributed by atoms with Crippen LogP contribution in [0.25, 0.3) is 0 Å². The topological polar surface area (TPSA) is 15.3 Å². The molecule has 0 aliphatic heterocycles. The molecule has 1 saturated carbocycles. The highest BCUT2D eigenvalue weighted by atomic mass is 19.1. The standard InChI is InChI=1S/C15H23FN2/c1-3-17-10-12-8-9-15(12)18(2)11-13-6-4-5-7-14(13)16/h4-7,12,15,17H,3,8-11H2,1-2H3. The van der Waals surface area contributed by atoms with Crippen molar-refractivity contribution in [3.8, 4) is 0 Å². The molecule has 1 aliphatic rings. The van der Waals surface area contributed by atoms with E-state index >= 15 is 0 Å². The number of nitrogens with zero attached hydrogens (tertiary/aromatic N) is 1. The first-order valence-corrected chi connectivity index (χ1v) is 6.86. The van der Waals surface area contributed by atoms with Crippen LogP contribution in [0.4, 0.5) is 4.39 Å². The molecule has 0 amide bonds. The van der Waals surface area contributed by atoms with Gasteiger partial charge in [0, 0.05) is 18.2 Å². The fraction of sp³-hybridized carbons (Fsp3) is 0.600. The molecular weight excluding hydrogens is 227 g/mol. The highest BCUT2D eigenvalue weighted by Gasteiger charge is 2.33. The summed E-state index contributed by atoms with van der Waals surface area (Å²) in [5.74, 6) is 0.633. The van der Waals surface area contributed by atoms with E-state index < -0.39 is 0 Å². The average molecular weight is 250 g/mol. The Morgan fingerprint density at radius 1 is 1.33 bits per heavy atom. The van der Waals surface area contributed by atoms with Gasteiger partial charge in [-0.1, -0.05) is 25.1 Å². The summed E-state index contributed by atoms with van der Waals surface area (Å²) in [5.41, 5.74) is 0.800. The van der Waals surface area contributed by atoms with E-state index in [1.54, 1.807) is 12.1 Å². The maximum Gasteiger partial charge on any atom is 0.127 e. The van der Waals surface area contributed by atoms with Crippen molar-refractivity contribution in [2.75, 3.05) is 20.1 Å². The second-order valence-corrected chi connectivity index (χ2v) is 5.22. The lowest BCUT2D eigenvalue weighted by atomic mass is 9.78. The van der Waals surface area contributed by atoms with E-state index in [0.717, 1.165) is 24.6 Å². The van der Waals surface area contributed by atoms with Crippen LogP contribution in [0.3, 0.4) is 0 Å². The van der Waals surface area contributed by atoms with Gasteiger partial charge in [0.15, 0.2) is 0 Å². The molecule has 1 aliphatic carbocycles. The van der Waals surface area contributed by atoms with Crippen LogP contribution in [0.5, 0.6) is 0 Å². The first-order valence-electron chi connectivity index (χ1n) is 6.86. The van der Waals surface area contributed by atoms with Crippen molar-refractivity contribution < 1.29 is 4.39 Å². The summed E-state index contributed by atoms with van der Waals surface area (Å²) in [6.45, 7) is 4.96. The van der Waals surface area contributed by atoms with E-state index in [0.29, 0.717) is 12.6 Å². The molecule has 1 aromatic rings. The van der Waals surface area contributed by atoms with Gasteiger partial charge in [-0.25, -0.2) is 4.39 Å². The zero-order valence-electron chi connectivity index (χ0n) is 11.3. The summed E-state index contributed by atoms with van der Waals surface area (Å²) in [6.07, 6.45) is 2.53. The van der Waals surface area contributed by atoms with Crippen molar-refractivity contribution in [1.29, 1.82) is 0 Å². The molecule has 1 N–H and O–H groups in total. The van der Waals surface area contributed by atoms with E-state index in [9.17, 15) is 4.39 Å². The van der Waals surface area contributed by atoms with E-state index in [-0.39, 0.29) is 5.82 Å². The lowest BCUT2D eigenvalue weighted by Gasteiger charge is -2.43. The van der Waals surface area contributed by atoms with Crippen LogP contribution < -0.4 is 5.32 Å². The SMILES string of the molecule is CCNCC1CCC1N(C)Cc1ccccc1F. The lowest BCUT2D eigenvalue weighted by Crippen LogP contribution is -2.48. The largest absolute Gasteiger partial charge is 0.317 e. The number of hydrogen-bond donors (Lipinski definition) is 1. The van der Waals surface area contributed by atoms with Crippen LogP contribution in [0.2, 0.25) is 0 Å². The van der Waals surface area contributed by atoms with Gasteiger partial charge in [0.1, 0.15) is 5.82 Å². The minimum atomic E-state index is -0.0908. The molecule has 2 rings (SSSR count). The third-order valence-electron chi connectivity index (χ3n) is 3.98. The third kappa shape index (κ3) is 3.09. The average Bonchev–Trinajstić information content (AvgIpc) is 2.31. The Hall–Kier alpha value is -0.930.